The van der Waals surface area contributed by atoms with Crippen LogP contribution in [0, 0.1) is 17.3 Å². The molecule has 0 rings (SSSR count). The van der Waals surface area contributed by atoms with Crippen LogP contribution < -0.4 is 11.1 Å². The summed E-state index contributed by atoms with van der Waals surface area (Å²) in [5.41, 5.74) is 5.86. The topological polar surface area (TPSA) is 55.1 Å². The summed E-state index contributed by atoms with van der Waals surface area (Å²) in [4.78, 5) is 11.6. The summed E-state index contributed by atoms with van der Waals surface area (Å²) in [6, 6.07) is 0. The van der Waals surface area contributed by atoms with Gasteiger partial charge in [0.15, 0.2) is 0 Å². The highest BCUT2D eigenvalue weighted by molar-refractivity contribution is 5.75. The lowest BCUT2D eigenvalue weighted by Gasteiger charge is -2.30. The largest absolute Gasteiger partial charge is 0.356 e. The molecule has 1 atom stereocenters. The molecule has 1 amide bonds. The Kier molecular flexibility index (Phi) is 7.44. The van der Waals surface area contributed by atoms with Gasteiger partial charge in [-0.05, 0) is 36.6 Å². The number of hydrogen-bond acceptors (Lipinski definition) is 2. The van der Waals surface area contributed by atoms with Gasteiger partial charge in [-0.1, -0.05) is 34.6 Å². The third kappa shape index (κ3) is 8.19. The number of nitrogens with one attached hydrogen (secondary N) is 1. The smallest absolute Gasteiger partial charge is 0.220 e. The van der Waals surface area contributed by atoms with E-state index in [-0.39, 0.29) is 11.3 Å². The second kappa shape index (κ2) is 7.70. The Balaban J connectivity index is 4.00. The number of carbonyl (C=O) groups excluding carboxylic acids is 1. The summed E-state index contributed by atoms with van der Waals surface area (Å²) in [5, 5.41) is 2.96. The Morgan fingerprint density at radius 2 is 1.82 bits per heavy atom. The van der Waals surface area contributed by atoms with Gasteiger partial charge in [0.25, 0.3) is 0 Å². The minimum absolute atomic E-state index is 0.171. The molecule has 0 aliphatic rings. The zero-order chi connectivity index (χ0) is 13.5. The Bertz CT molecular complexity index is 219. The Morgan fingerprint density at radius 3 is 2.24 bits per heavy atom. The number of rotatable bonds is 7. The molecule has 0 radical (unpaired) electrons. The highest BCUT2D eigenvalue weighted by atomic mass is 16.1. The molecule has 0 aromatic rings. The van der Waals surface area contributed by atoms with Crippen LogP contribution in [-0.2, 0) is 4.79 Å². The molecule has 0 aliphatic carbocycles. The molecule has 0 saturated carbocycles. The first-order chi connectivity index (χ1) is 7.77. The zero-order valence-corrected chi connectivity index (χ0v) is 12.2. The summed E-state index contributed by atoms with van der Waals surface area (Å²) in [7, 11) is 0. The van der Waals surface area contributed by atoms with Gasteiger partial charge in [-0.2, -0.15) is 0 Å². The molecular formula is C14H30N2O. The van der Waals surface area contributed by atoms with Crippen LogP contribution in [0.5, 0.6) is 0 Å². The van der Waals surface area contributed by atoms with Crippen molar-refractivity contribution in [1.29, 1.82) is 0 Å². The van der Waals surface area contributed by atoms with Crippen molar-refractivity contribution in [3.8, 4) is 0 Å². The van der Waals surface area contributed by atoms with E-state index in [9.17, 15) is 4.79 Å². The maximum atomic E-state index is 11.6. The highest BCUT2D eigenvalue weighted by Crippen LogP contribution is 2.31. The minimum Gasteiger partial charge on any atom is -0.356 e. The Hall–Kier alpha value is -0.570. The summed E-state index contributed by atoms with van der Waals surface area (Å²) in [6.45, 7) is 12.4. The molecule has 3 heteroatoms. The lowest BCUT2D eigenvalue weighted by Crippen LogP contribution is -2.29. The van der Waals surface area contributed by atoms with E-state index in [0.717, 1.165) is 19.4 Å². The van der Waals surface area contributed by atoms with Crippen molar-refractivity contribution in [2.24, 2.45) is 23.0 Å². The second-order valence-corrected chi connectivity index (χ2v) is 6.38. The molecule has 1 unspecified atom stereocenters. The van der Waals surface area contributed by atoms with Crippen LogP contribution in [0.15, 0.2) is 0 Å². The first-order valence-electron chi connectivity index (χ1n) is 6.74. The van der Waals surface area contributed by atoms with Crippen LogP contribution in [-0.4, -0.2) is 19.0 Å². The zero-order valence-electron chi connectivity index (χ0n) is 12.2. The van der Waals surface area contributed by atoms with Crippen LogP contribution in [0.25, 0.3) is 0 Å². The van der Waals surface area contributed by atoms with Crippen LogP contribution in [0.3, 0.4) is 0 Å². The molecule has 0 aliphatic heterocycles. The highest BCUT2D eigenvalue weighted by Gasteiger charge is 2.24. The molecule has 0 bridgehead atoms. The van der Waals surface area contributed by atoms with Crippen molar-refractivity contribution in [3.05, 3.63) is 0 Å². The average Bonchev–Trinajstić information content (AvgIpc) is 2.19. The van der Waals surface area contributed by atoms with E-state index in [4.69, 9.17) is 5.73 Å². The number of amides is 1. The third-order valence-corrected chi connectivity index (χ3v) is 3.17. The van der Waals surface area contributed by atoms with Crippen LogP contribution in [0.4, 0.5) is 0 Å². The Morgan fingerprint density at radius 1 is 1.24 bits per heavy atom. The van der Waals surface area contributed by atoms with Crippen molar-refractivity contribution in [2.45, 2.75) is 53.9 Å². The molecule has 3 N–H and O–H groups in total. The molecule has 0 aromatic heterocycles. The molecule has 102 valence electrons. The predicted molar refractivity (Wildman–Crippen MR) is 73.7 cm³/mol. The molecule has 3 nitrogen and oxygen atoms in total. The Labute approximate surface area is 107 Å². The summed E-state index contributed by atoms with van der Waals surface area (Å²) >= 11 is 0. The summed E-state index contributed by atoms with van der Waals surface area (Å²) in [5.74, 6) is 1.21. The molecule has 0 saturated heterocycles. The quantitative estimate of drug-likeness (QED) is 0.721. The van der Waals surface area contributed by atoms with E-state index < -0.39 is 0 Å². The number of nitrogens with two attached hydrogens (primary N) is 1. The number of carbonyl (C=O) groups is 1. The first kappa shape index (κ1) is 16.4. The fraction of sp³-hybridized carbons (Fsp3) is 0.929. The number of hydrogen-bond donors (Lipinski definition) is 2. The van der Waals surface area contributed by atoms with Gasteiger partial charge in [0.05, 0.1) is 0 Å². The van der Waals surface area contributed by atoms with Gasteiger partial charge >= 0.3 is 0 Å². The van der Waals surface area contributed by atoms with Gasteiger partial charge in [-0.3, -0.25) is 4.79 Å². The fourth-order valence-corrected chi connectivity index (χ4v) is 1.92. The van der Waals surface area contributed by atoms with Gasteiger partial charge < -0.3 is 11.1 Å². The lowest BCUT2D eigenvalue weighted by molar-refractivity contribution is -0.121. The van der Waals surface area contributed by atoms with Gasteiger partial charge in [-0.15, -0.1) is 0 Å². The summed E-state index contributed by atoms with van der Waals surface area (Å²) in [6.07, 6.45) is 2.56. The van der Waals surface area contributed by atoms with Crippen LogP contribution >= 0.6 is 0 Å². The SMILES string of the molecule is CC(C)CNC(=O)CCC(CCN)C(C)(C)C. The minimum atomic E-state index is 0.171. The van der Waals surface area contributed by atoms with E-state index >= 15 is 0 Å². The van der Waals surface area contributed by atoms with E-state index in [1.165, 1.54) is 0 Å². The van der Waals surface area contributed by atoms with E-state index in [1.807, 2.05) is 0 Å². The molecule has 17 heavy (non-hydrogen) atoms. The standard InChI is InChI=1S/C14H30N2O/c1-11(2)10-16-13(17)7-6-12(8-9-15)14(3,4)5/h11-12H,6-10,15H2,1-5H3,(H,16,17). The molecule has 0 heterocycles. The second-order valence-electron chi connectivity index (χ2n) is 6.38. The van der Waals surface area contributed by atoms with Crippen molar-refractivity contribution in [1.82, 2.24) is 5.32 Å². The molecular weight excluding hydrogens is 212 g/mol. The van der Waals surface area contributed by atoms with E-state index in [1.54, 1.807) is 0 Å². The molecule has 0 spiro atoms. The van der Waals surface area contributed by atoms with Crippen LogP contribution in [0.1, 0.15) is 53.9 Å². The van der Waals surface area contributed by atoms with Gasteiger partial charge in [0, 0.05) is 13.0 Å². The maximum Gasteiger partial charge on any atom is 0.220 e. The maximum absolute atomic E-state index is 11.6. The van der Waals surface area contributed by atoms with Crippen molar-refractivity contribution < 1.29 is 4.79 Å². The van der Waals surface area contributed by atoms with Gasteiger partial charge in [-0.25, -0.2) is 0 Å². The average molecular weight is 242 g/mol. The monoisotopic (exact) mass is 242 g/mol. The molecule has 0 fully saturated rings. The van der Waals surface area contributed by atoms with Crippen molar-refractivity contribution in [3.63, 3.8) is 0 Å². The normalized spacial score (nSPS) is 13.8. The van der Waals surface area contributed by atoms with Gasteiger partial charge in [0.2, 0.25) is 5.91 Å². The molecule has 0 aromatic carbocycles. The van der Waals surface area contributed by atoms with Crippen LogP contribution in [0.2, 0.25) is 0 Å². The van der Waals surface area contributed by atoms with Crippen molar-refractivity contribution >= 4 is 5.91 Å². The van der Waals surface area contributed by atoms with E-state index in [2.05, 4.69) is 39.9 Å². The van der Waals surface area contributed by atoms with E-state index in [0.29, 0.717) is 24.8 Å². The predicted octanol–water partition coefficient (Wildman–Crippen LogP) is 2.55. The van der Waals surface area contributed by atoms with Gasteiger partial charge in [0.1, 0.15) is 0 Å². The summed E-state index contributed by atoms with van der Waals surface area (Å²) < 4.78 is 0. The van der Waals surface area contributed by atoms with Crippen molar-refractivity contribution in [2.75, 3.05) is 13.1 Å². The lowest BCUT2D eigenvalue weighted by atomic mass is 9.76. The first-order valence-corrected chi connectivity index (χ1v) is 6.74. The third-order valence-electron chi connectivity index (χ3n) is 3.17. The fourth-order valence-electron chi connectivity index (χ4n) is 1.92.